The van der Waals surface area contributed by atoms with Gasteiger partial charge in [0.15, 0.2) is 0 Å². The molecule has 0 atom stereocenters. The van der Waals surface area contributed by atoms with Crippen LogP contribution in [0.25, 0.3) is 10.1 Å². The third kappa shape index (κ3) is 2.98. The van der Waals surface area contributed by atoms with Gasteiger partial charge in [0.05, 0.1) is 0 Å². The lowest BCUT2D eigenvalue weighted by atomic mass is 10.1. The lowest BCUT2D eigenvalue weighted by Gasteiger charge is -2.04. The second kappa shape index (κ2) is 5.74. The molecule has 0 unspecified atom stereocenters. The van der Waals surface area contributed by atoms with Crippen LogP contribution in [0.2, 0.25) is 5.02 Å². The first-order chi connectivity index (χ1) is 9.33. The molecule has 1 N–H and O–H groups in total. The molecule has 0 saturated heterocycles. The summed E-state index contributed by atoms with van der Waals surface area (Å²) < 4.78 is 1.35. The van der Waals surface area contributed by atoms with Gasteiger partial charge in [-0.1, -0.05) is 41.9 Å². The Kier molecular flexibility index (Phi) is 3.83. The zero-order chi connectivity index (χ0) is 13.1. The summed E-state index contributed by atoms with van der Waals surface area (Å²) in [5.74, 6) is 0. The van der Waals surface area contributed by atoms with Gasteiger partial charge in [0.25, 0.3) is 0 Å². The van der Waals surface area contributed by atoms with Gasteiger partial charge >= 0.3 is 0 Å². The maximum absolute atomic E-state index is 5.87. The molecule has 1 aromatic heterocycles. The van der Waals surface area contributed by atoms with Crippen molar-refractivity contribution in [3.05, 3.63) is 70.1 Å². The highest BCUT2D eigenvalue weighted by Crippen LogP contribution is 2.25. The molecular weight excluding hydrogens is 274 g/mol. The maximum Gasteiger partial charge on any atom is 0.0406 e. The minimum Gasteiger partial charge on any atom is -0.309 e. The quantitative estimate of drug-likeness (QED) is 0.724. The van der Waals surface area contributed by atoms with E-state index < -0.39 is 0 Å². The van der Waals surface area contributed by atoms with Crippen molar-refractivity contribution in [3.8, 4) is 0 Å². The minimum atomic E-state index is 0.785. The van der Waals surface area contributed by atoms with E-state index in [0.717, 1.165) is 18.1 Å². The van der Waals surface area contributed by atoms with E-state index in [1.165, 1.54) is 21.2 Å². The second-order valence-corrected chi connectivity index (χ2v) is 5.83. The van der Waals surface area contributed by atoms with Crippen LogP contribution in [-0.4, -0.2) is 0 Å². The van der Waals surface area contributed by atoms with Crippen molar-refractivity contribution in [2.45, 2.75) is 13.1 Å². The molecular formula is C16H14ClNS. The summed E-state index contributed by atoms with van der Waals surface area (Å²) >= 11 is 7.68. The molecule has 0 aliphatic heterocycles. The van der Waals surface area contributed by atoms with Gasteiger partial charge in [0, 0.05) is 22.8 Å². The first-order valence-electron chi connectivity index (χ1n) is 6.23. The number of hydrogen-bond acceptors (Lipinski definition) is 2. The molecule has 0 bridgehead atoms. The minimum absolute atomic E-state index is 0.785. The molecule has 19 heavy (non-hydrogen) atoms. The zero-order valence-electron chi connectivity index (χ0n) is 10.4. The Morgan fingerprint density at radius 2 is 1.74 bits per heavy atom. The number of rotatable bonds is 4. The van der Waals surface area contributed by atoms with Crippen molar-refractivity contribution in [1.82, 2.24) is 5.32 Å². The lowest BCUT2D eigenvalue weighted by molar-refractivity contribution is 0.698. The molecule has 3 rings (SSSR count). The van der Waals surface area contributed by atoms with Crippen molar-refractivity contribution < 1.29 is 0 Å². The zero-order valence-corrected chi connectivity index (χ0v) is 12.0. The average Bonchev–Trinajstić information content (AvgIpc) is 2.85. The third-order valence-corrected chi connectivity index (χ3v) is 4.38. The van der Waals surface area contributed by atoms with Crippen molar-refractivity contribution in [1.29, 1.82) is 0 Å². The van der Waals surface area contributed by atoms with E-state index in [1.54, 1.807) is 11.3 Å². The van der Waals surface area contributed by atoms with Crippen LogP contribution in [0.4, 0.5) is 0 Å². The number of hydrogen-bond donors (Lipinski definition) is 1. The van der Waals surface area contributed by atoms with Crippen LogP contribution in [0, 0.1) is 0 Å². The predicted octanol–water partition coefficient (Wildman–Crippen LogP) is 4.84. The topological polar surface area (TPSA) is 12.0 Å². The molecule has 0 spiro atoms. The van der Waals surface area contributed by atoms with E-state index in [2.05, 4.69) is 47.1 Å². The molecule has 0 aliphatic carbocycles. The highest BCUT2D eigenvalue weighted by atomic mass is 35.5. The van der Waals surface area contributed by atoms with E-state index in [9.17, 15) is 0 Å². The van der Waals surface area contributed by atoms with Crippen molar-refractivity contribution >= 4 is 33.0 Å². The van der Waals surface area contributed by atoms with Crippen molar-refractivity contribution in [3.63, 3.8) is 0 Å². The maximum atomic E-state index is 5.87. The van der Waals surface area contributed by atoms with Crippen LogP contribution < -0.4 is 5.32 Å². The van der Waals surface area contributed by atoms with Crippen molar-refractivity contribution in [2.75, 3.05) is 0 Å². The van der Waals surface area contributed by atoms with E-state index in [1.807, 2.05) is 12.1 Å². The number of fused-ring (bicyclic) bond motifs is 1. The summed E-state index contributed by atoms with van der Waals surface area (Å²) in [7, 11) is 0. The monoisotopic (exact) mass is 287 g/mol. The third-order valence-electron chi connectivity index (χ3n) is 3.12. The van der Waals surface area contributed by atoms with Crippen LogP contribution in [0.3, 0.4) is 0 Å². The molecule has 2 aromatic carbocycles. The van der Waals surface area contributed by atoms with Crippen LogP contribution in [-0.2, 0) is 13.1 Å². The summed E-state index contributed by atoms with van der Waals surface area (Å²) in [6.07, 6.45) is 0. The Hall–Kier alpha value is -1.35. The van der Waals surface area contributed by atoms with E-state index in [-0.39, 0.29) is 0 Å². The second-order valence-electron chi connectivity index (χ2n) is 4.49. The fraction of sp³-hybridized carbons (Fsp3) is 0.125. The van der Waals surface area contributed by atoms with Gasteiger partial charge in [-0.25, -0.2) is 0 Å². The molecule has 96 valence electrons. The first kappa shape index (κ1) is 12.7. The normalized spacial score (nSPS) is 11.0. The Morgan fingerprint density at radius 1 is 0.947 bits per heavy atom. The Labute approximate surface area is 121 Å². The number of nitrogens with one attached hydrogen (secondary N) is 1. The van der Waals surface area contributed by atoms with Gasteiger partial charge in [-0.2, -0.15) is 0 Å². The number of thiophene rings is 1. The van der Waals surface area contributed by atoms with E-state index in [0.29, 0.717) is 0 Å². The fourth-order valence-electron chi connectivity index (χ4n) is 2.11. The molecule has 0 fully saturated rings. The number of benzene rings is 2. The van der Waals surface area contributed by atoms with Gasteiger partial charge in [-0.3, -0.25) is 0 Å². The van der Waals surface area contributed by atoms with Gasteiger partial charge in [-0.15, -0.1) is 11.3 Å². The molecule has 0 aliphatic rings. The van der Waals surface area contributed by atoms with Gasteiger partial charge < -0.3 is 5.32 Å². The molecule has 0 saturated carbocycles. The van der Waals surface area contributed by atoms with Gasteiger partial charge in [0.2, 0.25) is 0 Å². The highest BCUT2D eigenvalue weighted by Gasteiger charge is 2.02. The summed E-state index contributed by atoms with van der Waals surface area (Å²) in [5, 5.41) is 7.86. The van der Waals surface area contributed by atoms with Crippen LogP contribution in [0.1, 0.15) is 11.1 Å². The fourth-order valence-corrected chi connectivity index (χ4v) is 3.20. The molecule has 3 heteroatoms. The molecule has 0 radical (unpaired) electrons. The summed E-state index contributed by atoms with van der Waals surface area (Å²) in [5.41, 5.74) is 2.62. The SMILES string of the molecule is Clc1ccc(CNCc2csc3ccccc23)cc1. The summed E-state index contributed by atoms with van der Waals surface area (Å²) in [4.78, 5) is 0. The Morgan fingerprint density at radius 3 is 2.58 bits per heavy atom. The average molecular weight is 288 g/mol. The highest BCUT2D eigenvalue weighted by molar-refractivity contribution is 7.17. The largest absolute Gasteiger partial charge is 0.309 e. The Balaban J connectivity index is 1.65. The van der Waals surface area contributed by atoms with E-state index in [4.69, 9.17) is 11.6 Å². The standard InChI is InChI=1S/C16H14ClNS/c17-14-7-5-12(6-8-14)9-18-10-13-11-19-16-4-2-1-3-15(13)16/h1-8,11,18H,9-10H2. The Bertz CT molecular complexity index is 673. The molecule has 1 nitrogen and oxygen atoms in total. The molecule has 1 heterocycles. The summed E-state index contributed by atoms with van der Waals surface area (Å²) in [6.45, 7) is 1.76. The van der Waals surface area contributed by atoms with Gasteiger partial charge in [0.1, 0.15) is 0 Å². The van der Waals surface area contributed by atoms with Crippen LogP contribution >= 0.6 is 22.9 Å². The smallest absolute Gasteiger partial charge is 0.0406 e. The lowest BCUT2D eigenvalue weighted by Crippen LogP contribution is -2.12. The van der Waals surface area contributed by atoms with Crippen LogP contribution in [0.15, 0.2) is 53.9 Å². The van der Waals surface area contributed by atoms with Crippen molar-refractivity contribution in [2.24, 2.45) is 0 Å². The molecule has 0 amide bonds. The number of halogens is 1. The first-order valence-corrected chi connectivity index (χ1v) is 7.49. The van der Waals surface area contributed by atoms with Crippen LogP contribution in [0.5, 0.6) is 0 Å². The van der Waals surface area contributed by atoms with Gasteiger partial charge in [-0.05, 0) is 40.1 Å². The predicted molar refractivity (Wildman–Crippen MR) is 83.8 cm³/mol. The molecule has 3 aromatic rings. The summed E-state index contributed by atoms with van der Waals surface area (Å²) in [6, 6.07) is 16.5. The van der Waals surface area contributed by atoms with E-state index >= 15 is 0 Å².